The molecule has 7 heteroatoms. The third-order valence-electron chi connectivity index (χ3n) is 3.50. The number of nitriles is 2. The number of aliphatic imine (C=N–C) groups is 1. The number of fused-ring (bicyclic) bond motifs is 1. The van der Waals surface area contributed by atoms with Gasteiger partial charge in [-0.05, 0) is 38.3 Å². The smallest absolute Gasteiger partial charge is 0.208 e. The van der Waals surface area contributed by atoms with Gasteiger partial charge in [-0.1, -0.05) is 11.8 Å². The summed E-state index contributed by atoms with van der Waals surface area (Å²) in [5, 5.41) is 31.9. The number of nitrogens with one attached hydrogen (secondary N) is 1. The monoisotopic (exact) mass is 316 g/mol. The minimum Gasteiger partial charge on any atom is -0.485 e. The molecule has 0 amide bonds. The SMILES string of the molecule is CSC(=NC#N)N[C@H]1c2cc(C#N)ccc2OC(C)(C)[C@@H]1O. The van der Waals surface area contributed by atoms with Crippen LogP contribution in [0.25, 0.3) is 0 Å². The lowest BCUT2D eigenvalue weighted by molar-refractivity contribution is -0.0608. The number of rotatable bonds is 1. The molecule has 0 bridgehead atoms. The molecule has 2 N–H and O–H groups in total. The van der Waals surface area contributed by atoms with Crippen molar-refractivity contribution >= 4 is 16.9 Å². The molecule has 1 heterocycles. The Morgan fingerprint density at radius 1 is 1.45 bits per heavy atom. The van der Waals surface area contributed by atoms with E-state index in [0.717, 1.165) is 0 Å². The molecule has 2 atom stereocenters. The number of hydrogen-bond acceptors (Lipinski definition) is 6. The van der Waals surface area contributed by atoms with Crippen LogP contribution in [0.15, 0.2) is 23.2 Å². The number of nitrogens with zero attached hydrogens (tertiary/aromatic N) is 3. The first-order valence-electron chi connectivity index (χ1n) is 6.61. The van der Waals surface area contributed by atoms with Crippen LogP contribution in [-0.4, -0.2) is 28.2 Å². The standard InChI is InChI=1S/C15H16N4O2S/c1-15(2)13(20)12(19-14(22-3)18-8-17)10-6-9(7-16)4-5-11(10)21-15/h4-6,12-13,20H,1-3H3,(H,18,19)/t12-,13+/m0/s1. The molecule has 2 rings (SSSR count). The summed E-state index contributed by atoms with van der Waals surface area (Å²) < 4.78 is 5.83. The van der Waals surface area contributed by atoms with Crippen molar-refractivity contribution < 1.29 is 9.84 Å². The summed E-state index contributed by atoms with van der Waals surface area (Å²) in [5.41, 5.74) is 0.337. The molecule has 114 valence electrons. The summed E-state index contributed by atoms with van der Waals surface area (Å²) in [6.45, 7) is 3.57. The van der Waals surface area contributed by atoms with Gasteiger partial charge in [0.05, 0.1) is 17.7 Å². The zero-order valence-electron chi connectivity index (χ0n) is 12.5. The number of benzene rings is 1. The molecule has 0 fully saturated rings. The van der Waals surface area contributed by atoms with Crippen molar-refractivity contribution in [2.75, 3.05) is 6.26 Å². The van der Waals surface area contributed by atoms with E-state index in [1.165, 1.54) is 11.8 Å². The molecule has 0 spiro atoms. The van der Waals surface area contributed by atoms with Crippen molar-refractivity contribution in [1.82, 2.24) is 5.32 Å². The highest BCUT2D eigenvalue weighted by atomic mass is 32.2. The predicted molar refractivity (Wildman–Crippen MR) is 84.3 cm³/mol. The Bertz CT molecular complexity index is 688. The molecule has 0 aromatic heterocycles. The van der Waals surface area contributed by atoms with E-state index in [0.29, 0.717) is 22.0 Å². The molecule has 0 saturated carbocycles. The summed E-state index contributed by atoms with van der Waals surface area (Å²) in [5.74, 6) is 0.601. The summed E-state index contributed by atoms with van der Waals surface area (Å²) in [6.07, 6.45) is 2.64. The highest BCUT2D eigenvalue weighted by Gasteiger charge is 2.43. The topological polar surface area (TPSA) is 101 Å². The number of hydrogen-bond donors (Lipinski definition) is 2. The van der Waals surface area contributed by atoms with Crippen LogP contribution in [0, 0.1) is 22.8 Å². The van der Waals surface area contributed by atoms with Gasteiger partial charge >= 0.3 is 0 Å². The van der Waals surface area contributed by atoms with E-state index >= 15 is 0 Å². The van der Waals surface area contributed by atoms with Crippen molar-refractivity contribution in [3.05, 3.63) is 29.3 Å². The quantitative estimate of drug-likeness (QED) is 0.466. The number of amidine groups is 1. The maximum absolute atomic E-state index is 10.6. The van der Waals surface area contributed by atoms with Crippen LogP contribution in [-0.2, 0) is 0 Å². The Labute approximate surface area is 133 Å². The van der Waals surface area contributed by atoms with Gasteiger partial charge in [-0.3, -0.25) is 0 Å². The van der Waals surface area contributed by atoms with Gasteiger partial charge in [-0.2, -0.15) is 10.5 Å². The summed E-state index contributed by atoms with van der Waals surface area (Å²) in [7, 11) is 0. The van der Waals surface area contributed by atoms with Crippen LogP contribution in [0.3, 0.4) is 0 Å². The van der Waals surface area contributed by atoms with Crippen LogP contribution in [0.4, 0.5) is 0 Å². The first-order valence-corrected chi connectivity index (χ1v) is 7.84. The van der Waals surface area contributed by atoms with E-state index in [4.69, 9.17) is 15.3 Å². The fourth-order valence-electron chi connectivity index (χ4n) is 2.34. The van der Waals surface area contributed by atoms with Gasteiger partial charge < -0.3 is 15.2 Å². The van der Waals surface area contributed by atoms with Gasteiger partial charge in [0.1, 0.15) is 17.5 Å². The molecule has 1 aliphatic rings. The predicted octanol–water partition coefficient (Wildman–Crippen LogP) is 1.92. The molecular formula is C15H16N4O2S. The molecule has 0 unspecified atom stereocenters. The Balaban J connectivity index is 2.49. The van der Waals surface area contributed by atoms with Gasteiger partial charge in [0, 0.05) is 5.56 Å². The van der Waals surface area contributed by atoms with Crippen molar-refractivity contribution in [3.8, 4) is 18.0 Å². The molecule has 1 aromatic carbocycles. The minimum absolute atomic E-state index is 0.401. The van der Waals surface area contributed by atoms with Crippen molar-refractivity contribution in [2.24, 2.45) is 4.99 Å². The summed E-state index contributed by atoms with van der Waals surface area (Å²) in [6, 6.07) is 6.62. The van der Waals surface area contributed by atoms with Crippen molar-refractivity contribution in [1.29, 1.82) is 10.5 Å². The number of thioether (sulfide) groups is 1. The van der Waals surface area contributed by atoms with E-state index < -0.39 is 17.7 Å². The van der Waals surface area contributed by atoms with Gasteiger partial charge in [0.15, 0.2) is 5.17 Å². The van der Waals surface area contributed by atoms with Gasteiger partial charge in [0.2, 0.25) is 6.19 Å². The largest absolute Gasteiger partial charge is 0.485 e. The lowest BCUT2D eigenvalue weighted by atomic mass is 9.86. The molecule has 0 aliphatic carbocycles. The second-order valence-electron chi connectivity index (χ2n) is 5.36. The van der Waals surface area contributed by atoms with Crippen molar-refractivity contribution in [3.63, 3.8) is 0 Å². The maximum atomic E-state index is 10.6. The Morgan fingerprint density at radius 3 is 2.77 bits per heavy atom. The van der Waals surface area contributed by atoms with E-state index in [9.17, 15) is 5.11 Å². The third-order valence-corrected chi connectivity index (χ3v) is 4.09. The first-order chi connectivity index (χ1) is 10.4. The van der Waals surface area contributed by atoms with Gasteiger partial charge in [-0.15, -0.1) is 4.99 Å². The van der Waals surface area contributed by atoms with Crippen LogP contribution in [0.5, 0.6) is 5.75 Å². The molecule has 6 nitrogen and oxygen atoms in total. The fraction of sp³-hybridized carbons (Fsp3) is 0.400. The molecular weight excluding hydrogens is 300 g/mol. The normalized spacial score (nSPS) is 22.7. The molecule has 0 radical (unpaired) electrons. The third kappa shape index (κ3) is 3.01. The van der Waals surface area contributed by atoms with Gasteiger partial charge in [0.25, 0.3) is 0 Å². The molecule has 22 heavy (non-hydrogen) atoms. The first kappa shape index (κ1) is 16.2. The van der Waals surface area contributed by atoms with Crippen molar-refractivity contribution in [2.45, 2.75) is 31.6 Å². The lowest BCUT2D eigenvalue weighted by Crippen LogP contribution is -2.53. The van der Waals surface area contributed by atoms with E-state index in [1.54, 1.807) is 44.5 Å². The average Bonchev–Trinajstić information content (AvgIpc) is 2.50. The Hall–Kier alpha value is -2.22. The molecule has 1 aliphatic heterocycles. The van der Waals surface area contributed by atoms with Crippen LogP contribution < -0.4 is 10.1 Å². The van der Waals surface area contributed by atoms with Crippen LogP contribution in [0.1, 0.15) is 31.0 Å². The number of ether oxygens (including phenoxy) is 1. The Morgan fingerprint density at radius 2 is 2.18 bits per heavy atom. The second-order valence-corrected chi connectivity index (χ2v) is 6.15. The lowest BCUT2D eigenvalue weighted by Gasteiger charge is -2.42. The van der Waals surface area contributed by atoms with E-state index in [1.807, 2.05) is 0 Å². The minimum atomic E-state index is -0.870. The van der Waals surface area contributed by atoms with E-state index in [-0.39, 0.29) is 0 Å². The van der Waals surface area contributed by atoms with Crippen LogP contribution >= 0.6 is 11.8 Å². The Kier molecular flexibility index (Phi) is 4.60. The zero-order chi connectivity index (χ0) is 16.3. The highest BCUT2D eigenvalue weighted by Crippen LogP contribution is 2.40. The molecule has 0 saturated heterocycles. The second kappa shape index (κ2) is 6.27. The summed E-state index contributed by atoms with van der Waals surface area (Å²) in [4.78, 5) is 3.69. The van der Waals surface area contributed by atoms with Gasteiger partial charge in [-0.25, -0.2) is 0 Å². The maximum Gasteiger partial charge on any atom is 0.208 e. The zero-order valence-corrected chi connectivity index (χ0v) is 13.3. The summed E-state index contributed by atoms with van der Waals surface area (Å²) >= 11 is 1.27. The fourth-order valence-corrected chi connectivity index (χ4v) is 2.72. The number of aliphatic hydroxyl groups excluding tert-OH is 1. The van der Waals surface area contributed by atoms with Crippen LogP contribution in [0.2, 0.25) is 0 Å². The molecule has 1 aromatic rings. The average molecular weight is 316 g/mol. The van der Waals surface area contributed by atoms with E-state index in [2.05, 4.69) is 16.4 Å². The highest BCUT2D eigenvalue weighted by molar-refractivity contribution is 8.13. The number of aliphatic hydroxyl groups is 1.